The van der Waals surface area contributed by atoms with E-state index in [1.165, 1.54) is 0 Å². The number of benzene rings is 1. The summed E-state index contributed by atoms with van der Waals surface area (Å²) < 4.78 is 5.31. The van der Waals surface area contributed by atoms with Crippen LogP contribution in [0.4, 0.5) is 0 Å². The molecular weight excluding hydrogens is 318 g/mol. The van der Waals surface area contributed by atoms with Crippen LogP contribution in [0.15, 0.2) is 48.8 Å². The van der Waals surface area contributed by atoms with Gasteiger partial charge in [-0.15, -0.1) is 0 Å². The normalized spacial score (nSPS) is 19.8. The van der Waals surface area contributed by atoms with Gasteiger partial charge in [0, 0.05) is 38.0 Å². The summed E-state index contributed by atoms with van der Waals surface area (Å²) in [5.74, 6) is 0.117. The minimum absolute atomic E-state index is 0.0358. The highest BCUT2D eigenvalue weighted by molar-refractivity contribution is 5.90. The van der Waals surface area contributed by atoms with Gasteiger partial charge in [-0.2, -0.15) is 0 Å². The highest BCUT2D eigenvalue weighted by Crippen LogP contribution is 2.36. The Labute approximate surface area is 146 Å². The van der Waals surface area contributed by atoms with Crippen molar-refractivity contribution in [1.82, 2.24) is 15.2 Å². The maximum Gasteiger partial charge on any atom is 0.226 e. The van der Waals surface area contributed by atoms with Crippen molar-refractivity contribution in [1.29, 1.82) is 0 Å². The number of carbonyl (C=O) groups is 2. The quantitative estimate of drug-likeness (QED) is 0.903. The molecule has 2 atom stereocenters. The van der Waals surface area contributed by atoms with Crippen LogP contribution >= 0.6 is 0 Å². The first-order chi connectivity index (χ1) is 12.1. The fourth-order valence-electron chi connectivity index (χ4n) is 3.27. The van der Waals surface area contributed by atoms with E-state index in [-0.39, 0.29) is 24.3 Å². The molecule has 0 saturated carbocycles. The van der Waals surface area contributed by atoms with Gasteiger partial charge >= 0.3 is 0 Å². The average Bonchev–Trinajstić information content (AvgIpc) is 2.95. The summed E-state index contributed by atoms with van der Waals surface area (Å²) in [5, 5.41) is 2.94. The first-order valence-corrected chi connectivity index (χ1v) is 8.17. The Bertz CT molecular complexity index is 764. The molecule has 1 fully saturated rings. The molecule has 3 rings (SSSR count). The smallest absolute Gasteiger partial charge is 0.226 e. The van der Waals surface area contributed by atoms with E-state index >= 15 is 0 Å². The summed E-state index contributed by atoms with van der Waals surface area (Å²) in [7, 11) is 3.33. The van der Waals surface area contributed by atoms with Crippen LogP contribution in [0.2, 0.25) is 0 Å². The lowest BCUT2D eigenvalue weighted by Gasteiger charge is -2.24. The number of para-hydroxylation sites is 1. The van der Waals surface area contributed by atoms with Crippen LogP contribution < -0.4 is 10.1 Å². The van der Waals surface area contributed by atoms with Gasteiger partial charge in [0.1, 0.15) is 5.75 Å². The summed E-state index contributed by atoms with van der Waals surface area (Å²) in [6, 6.07) is 11.0. The number of methoxy groups -OCH3 is 1. The molecule has 0 spiro atoms. The van der Waals surface area contributed by atoms with Crippen LogP contribution in [0, 0.1) is 5.92 Å². The number of pyridine rings is 1. The van der Waals surface area contributed by atoms with Crippen LogP contribution in [-0.2, 0) is 16.1 Å². The van der Waals surface area contributed by atoms with Crippen LogP contribution in [0.3, 0.4) is 0 Å². The van der Waals surface area contributed by atoms with Crippen LogP contribution in [0.1, 0.15) is 23.6 Å². The summed E-state index contributed by atoms with van der Waals surface area (Å²) in [4.78, 5) is 30.6. The van der Waals surface area contributed by atoms with Crippen molar-refractivity contribution in [3.8, 4) is 5.75 Å². The van der Waals surface area contributed by atoms with Gasteiger partial charge in [0.15, 0.2) is 0 Å². The third-order valence-corrected chi connectivity index (χ3v) is 4.59. The number of aromatic nitrogens is 1. The fraction of sp³-hybridized carbons (Fsp3) is 0.316. The molecule has 130 valence electrons. The first-order valence-electron chi connectivity index (χ1n) is 8.17. The lowest BCUT2D eigenvalue weighted by molar-refractivity contribution is -0.128. The van der Waals surface area contributed by atoms with Gasteiger partial charge in [-0.1, -0.05) is 24.3 Å². The Morgan fingerprint density at radius 3 is 2.84 bits per heavy atom. The highest BCUT2D eigenvalue weighted by Gasteiger charge is 2.42. The standard InChI is InChI=1S/C19H21N3O3/c1-22-17(23)10-15(18(22)14-7-5-9-20-11-14)19(24)21-12-13-6-3-4-8-16(13)25-2/h3-9,11,15,18H,10,12H2,1-2H3,(H,21,24)/t15-,18+/m1/s1. The molecule has 1 aromatic carbocycles. The molecular formula is C19H21N3O3. The van der Waals surface area contributed by atoms with Crippen molar-refractivity contribution in [3.05, 3.63) is 59.9 Å². The van der Waals surface area contributed by atoms with Crippen molar-refractivity contribution >= 4 is 11.8 Å². The molecule has 1 saturated heterocycles. The number of rotatable bonds is 5. The predicted molar refractivity (Wildman–Crippen MR) is 92.7 cm³/mol. The topological polar surface area (TPSA) is 71.5 Å². The van der Waals surface area contributed by atoms with Gasteiger partial charge in [-0.25, -0.2) is 0 Å². The molecule has 0 aliphatic carbocycles. The van der Waals surface area contributed by atoms with Crippen LogP contribution in [-0.4, -0.2) is 35.9 Å². The molecule has 6 nitrogen and oxygen atoms in total. The number of hydrogen-bond acceptors (Lipinski definition) is 4. The van der Waals surface area contributed by atoms with E-state index in [0.29, 0.717) is 6.54 Å². The lowest BCUT2D eigenvalue weighted by atomic mass is 9.94. The Morgan fingerprint density at radius 1 is 1.32 bits per heavy atom. The van der Waals surface area contributed by atoms with Crippen molar-refractivity contribution in [2.75, 3.05) is 14.2 Å². The molecule has 0 unspecified atom stereocenters. The molecule has 6 heteroatoms. The van der Waals surface area contributed by atoms with Crippen molar-refractivity contribution < 1.29 is 14.3 Å². The van der Waals surface area contributed by atoms with E-state index in [0.717, 1.165) is 16.9 Å². The number of nitrogens with zero attached hydrogens (tertiary/aromatic N) is 2. The molecule has 2 heterocycles. The van der Waals surface area contributed by atoms with Gasteiger partial charge in [-0.05, 0) is 17.7 Å². The van der Waals surface area contributed by atoms with E-state index in [9.17, 15) is 9.59 Å². The van der Waals surface area contributed by atoms with E-state index < -0.39 is 5.92 Å². The van der Waals surface area contributed by atoms with E-state index in [1.54, 1.807) is 31.5 Å². The number of hydrogen-bond donors (Lipinski definition) is 1. The Hall–Kier alpha value is -2.89. The van der Waals surface area contributed by atoms with E-state index in [4.69, 9.17) is 4.74 Å². The predicted octanol–water partition coefficient (Wildman–Crippen LogP) is 1.93. The molecule has 0 radical (unpaired) electrons. The van der Waals surface area contributed by atoms with Crippen molar-refractivity contribution in [2.45, 2.75) is 19.0 Å². The molecule has 25 heavy (non-hydrogen) atoms. The van der Waals surface area contributed by atoms with Gasteiger partial charge < -0.3 is 15.0 Å². The third-order valence-electron chi connectivity index (χ3n) is 4.59. The van der Waals surface area contributed by atoms with Gasteiger partial charge in [0.05, 0.1) is 19.1 Å². The Balaban J connectivity index is 1.75. The second-order valence-electron chi connectivity index (χ2n) is 6.08. The second kappa shape index (κ2) is 7.34. The molecule has 1 N–H and O–H groups in total. The molecule has 1 aromatic heterocycles. The molecule has 2 aromatic rings. The van der Waals surface area contributed by atoms with Gasteiger partial charge in [-0.3, -0.25) is 14.6 Å². The molecule has 0 bridgehead atoms. The lowest BCUT2D eigenvalue weighted by Crippen LogP contribution is -2.34. The average molecular weight is 339 g/mol. The minimum Gasteiger partial charge on any atom is -0.496 e. The highest BCUT2D eigenvalue weighted by atomic mass is 16.5. The summed E-state index contributed by atoms with van der Waals surface area (Å²) >= 11 is 0. The van der Waals surface area contributed by atoms with Gasteiger partial charge in [0.2, 0.25) is 11.8 Å². The van der Waals surface area contributed by atoms with Crippen molar-refractivity contribution in [3.63, 3.8) is 0 Å². The fourth-order valence-corrected chi connectivity index (χ4v) is 3.27. The zero-order chi connectivity index (χ0) is 17.8. The Morgan fingerprint density at radius 2 is 2.12 bits per heavy atom. The molecule has 1 aliphatic rings. The number of nitrogens with one attached hydrogen (secondary N) is 1. The number of likely N-dealkylation sites (tertiary alicyclic amines) is 1. The van der Waals surface area contributed by atoms with Crippen LogP contribution in [0.5, 0.6) is 5.75 Å². The number of amides is 2. The Kier molecular flexibility index (Phi) is 4.97. The summed E-state index contributed by atoms with van der Waals surface area (Å²) in [6.07, 6.45) is 3.59. The maximum absolute atomic E-state index is 12.7. The number of ether oxygens (including phenoxy) is 1. The number of carbonyl (C=O) groups excluding carboxylic acids is 2. The minimum atomic E-state index is -0.434. The largest absolute Gasteiger partial charge is 0.496 e. The summed E-state index contributed by atoms with van der Waals surface area (Å²) in [6.45, 7) is 0.358. The van der Waals surface area contributed by atoms with E-state index in [1.807, 2.05) is 36.4 Å². The second-order valence-corrected chi connectivity index (χ2v) is 6.08. The van der Waals surface area contributed by atoms with Gasteiger partial charge in [0.25, 0.3) is 0 Å². The SMILES string of the molecule is COc1ccccc1CNC(=O)[C@@H]1CC(=O)N(C)[C@H]1c1cccnc1. The maximum atomic E-state index is 12.7. The third kappa shape index (κ3) is 3.47. The molecule has 1 aliphatic heterocycles. The molecule has 2 amide bonds. The van der Waals surface area contributed by atoms with Crippen LogP contribution in [0.25, 0.3) is 0 Å². The zero-order valence-corrected chi connectivity index (χ0v) is 14.3. The van der Waals surface area contributed by atoms with Crippen molar-refractivity contribution in [2.24, 2.45) is 5.92 Å². The van der Waals surface area contributed by atoms with E-state index in [2.05, 4.69) is 10.3 Å². The first kappa shape index (κ1) is 17.0. The zero-order valence-electron chi connectivity index (χ0n) is 14.3. The summed E-state index contributed by atoms with van der Waals surface area (Å²) in [5.41, 5.74) is 1.77. The monoisotopic (exact) mass is 339 g/mol.